The van der Waals surface area contributed by atoms with Crippen LogP contribution in [0.5, 0.6) is 0 Å². The molecule has 0 saturated heterocycles. The number of hydrogen-bond donors (Lipinski definition) is 2. The molecule has 4 nitrogen and oxygen atoms in total. The third-order valence-electron chi connectivity index (χ3n) is 2.33. The first-order chi connectivity index (χ1) is 7.70. The van der Waals surface area contributed by atoms with Crippen molar-refractivity contribution >= 4 is 11.8 Å². The van der Waals surface area contributed by atoms with E-state index in [1.165, 1.54) is 0 Å². The molecule has 88 valence electrons. The van der Waals surface area contributed by atoms with Crippen LogP contribution in [0.3, 0.4) is 0 Å². The minimum atomic E-state index is -0.421. The fourth-order valence-corrected chi connectivity index (χ4v) is 2.26. The van der Waals surface area contributed by atoms with Crippen molar-refractivity contribution in [3.63, 3.8) is 0 Å². The largest absolute Gasteiger partial charge is 0.340 e. The second-order valence-corrected chi connectivity index (χ2v) is 4.95. The molecule has 0 aliphatic carbocycles. The van der Waals surface area contributed by atoms with Crippen LogP contribution in [0.2, 0.25) is 0 Å². The molecule has 0 aliphatic heterocycles. The number of nitrogens with one attached hydrogen (secondary N) is 2. The molecule has 0 radical (unpaired) electrons. The summed E-state index contributed by atoms with van der Waals surface area (Å²) in [5, 5.41) is 13.3. The Balaban J connectivity index is 2.31. The first kappa shape index (κ1) is 13.1. The first-order valence-electron chi connectivity index (χ1n) is 5.48. The van der Waals surface area contributed by atoms with E-state index in [2.05, 4.69) is 28.3 Å². The van der Waals surface area contributed by atoms with Gasteiger partial charge in [0.15, 0.2) is 5.16 Å². The van der Waals surface area contributed by atoms with Crippen LogP contribution in [0.1, 0.15) is 26.7 Å². The molecule has 16 heavy (non-hydrogen) atoms. The quantitative estimate of drug-likeness (QED) is 0.715. The number of thioether (sulfide) groups is 1. The van der Waals surface area contributed by atoms with Gasteiger partial charge in [-0.1, -0.05) is 18.7 Å². The summed E-state index contributed by atoms with van der Waals surface area (Å²) in [6.07, 6.45) is 5.40. The number of nitrogens with zero attached hydrogens (tertiary/aromatic N) is 2. The predicted octanol–water partition coefficient (Wildman–Crippen LogP) is 2.17. The number of H-pyrrole nitrogens is 1. The lowest BCUT2D eigenvalue weighted by Gasteiger charge is -2.22. The van der Waals surface area contributed by atoms with Gasteiger partial charge in [0, 0.05) is 18.1 Å². The summed E-state index contributed by atoms with van der Waals surface area (Å²) in [6, 6.07) is 2.34. The molecule has 0 saturated carbocycles. The molecule has 1 unspecified atom stereocenters. The Morgan fingerprint density at radius 1 is 1.69 bits per heavy atom. The van der Waals surface area contributed by atoms with Crippen molar-refractivity contribution < 1.29 is 0 Å². The highest BCUT2D eigenvalue weighted by Crippen LogP contribution is 2.18. The smallest absolute Gasteiger partial charge is 0.165 e. The number of aromatic amines is 1. The standard InChI is InChI=1S/C11H18N4S/c1-3-5-15-11(2,9-12)4-8-16-10-13-6-7-14-10/h6-7,15H,3-5,8H2,1-2H3,(H,13,14). The number of rotatable bonds is 7. The Morgan fingerprint density at radius 3 is 3.06 bits per heavy atom. The number of hydrogen-bond acceptors (Lipinski definition) is 4. The monoisotopic (exact) mass is 238 g/mol. The van der Waals surface area contributed by atoms with Gasteiger partial charge in [-0.15, -0.1) is 0 Å². The molecule has 0 aliphatic rings. The Bertz CT molecular complexity index is 330. The minimum absolute atomic E-state index is 0.421. The summed E-state index contributed by atoms with van der Waals surface area (Å²) in [6.45, 7) is 4.93. The van der Waals surface area contributed by atoms with Gasteiger partial charge in [0.1, 0.15) is 5.54 Å². The van der Waals surface area contributed by atoms with Gasteiger partial charge in [0.25, 0.3) is 0 Å². The zero-order chi connectivity index (χ0) is 11.9. The SMILES string of the molecule is CCCNC(C)(C#N)CCSc1ncc[nH]1. The van der Waals surface area contributed by atoms with Gasteiger partial charge >= 0.3 is 0 Å². The van der Waals surface area contributed by atoms with Crippen LogP contribution in [0.15, 0.2) is 17.6 Å². The predicted molar refractivity (Wildman–Crippen MR) is 66.2 cm³/mol. The molecule has 1 aromatic heterocycles. The van der Waals surface area contributed by atoms with E-state index < -0.39 is 5.54 Å². The second kappa shape index (κ2) is 6.56. The third-order valence-corrected chi connectivity index (χ3v) is 3.23. The highest BCUT2D eigenvalue weighted by Gasteiger charge is 2.22. The van der Waals surface area contributed by atoms with Crippen LogP contribution in [0, 0.1) is 11.3 Å². The maximum atomic E-state index is 9.12. The molecule has 1 rings (SSSR count). The van der Waals surface area contributed by atoms with Crippen LogP contribution in [0.4, 0.5) is 0 Å². The zero-order valence-corrected chi connectivity index (χ0v) is 10.6. The highest BCUT2D eigenvalue weighted by molar-refractivity contribution is 7.99. The first-order valence-corrected chi connectivity index (χ1v) is 6.47. The summed E-state index contributed by atoms with van der Waals surface area (Å²) < 4.78 is 0. The van der Waals surface area contributed by atoms with E-state index in [0.29, 0.717) is 0 Å². The highest BCUT2D eigenvalue weighted by atomic mass is 32.2. The van der Waals surface area contributed by atoms with Gasteiger partial charge in [0.05, 0.1) is 6.07 Å². The topological polar surface area (TPSA) is 64.5 Å². The van der Waals surface area contributed by atoms with Crippen LogP contribution < -0.4 is 5.32 Å². The maximum absolute atomic E-state index is 9.12. The van der Waals surface area contributed by atoms with Crippen molar-refractivity contribution in [2.45, 2.75) is 37.4 Å². The van der Waals surface area contributed by atoms with Crippen molar-refractivity contribution in [2.24, 2.45) is 0 Å². The molecule has 0 bridgehead atoms. The summed E-state index contributed by atoms with van der Waals surface area (Å²) in [5.74, 6) is 0.883. The summed E-state index contributed by atoms with van der Waals surface area (Å²) in [5.41, 5.74) is -0.421. The van der Waals surface area contributed by atoms with Crippen molar-refractivity contribution in [2.75, 3.05) is 12.3 Å². The minimum Gasteiger partial charge on any atom is -0.340 e. The van der Waals surface area contributed by atoms with Crippen LogP contribution >= 0.6 is 11.8 Å². The maximum Gasteiger partial charge on any atom is 0.165 e. The third kappa shape index (κ3) is 4.25. The Labute approximate surface area is 101 Å². The summed E-state index contributed by atoms with van der Waals surface area (Å²) in [7, 11) is 0. The van der Waals surface area contributed by atoms with E-state index in [1.807, 2.05) is 6.92 Å². The molecule has 0 spiro atoms. The molecule has 2 N–H and O–H groups in total. The molecular formula is C11H18N4S. The summed E-state index contributed by atoms with van der Waals surface area (Å²) >= 11 is 1.65. The molecule has 1 atom stereocenters. The van der Waals surface area contributed by atoms with Crippen LogP contribution in [-0.4, -0.2) is 27.8 Å². The van der Waals surface area contributed by atoms with E-state index >= 15 is 0 Å². The van der Waals surface area contributed by atoms with Gasteiger partial charge < -0.3 is 4.98 Å². The normalized spacial score (nSPS) is 14.3. The Morgan fingerprint density at radius 2 is 2.50 bits per heavy atom. The molecule has 0 fully saturated rings. The molecule has 1 aromatic rings. The van der Waals surface area contributed by atoms with E-state index in [-0.39, 0.29) is 0 Å². The van der Waals surface area contributed by atoms with E-state index in [4.69, 9.17) is 5.26 Å². The lowest BCUT2D eigenvalue weighted by molar-refractivity contribution is 0.437. The van der Waals surface area contributed by atoms with Crippen molar-refractivity contribution in [3.05, 3.63) is 12.4 Å². The van der Waals surface area contributed by atoms with E-state index in [9.17, 15) is 0 Å². The average molecular weight is 238 g/mol. The van der Waals surface area contributed by atoms with Crippen LogP contribution in [0.25, 0.3) is 0 Å². The Hall–Kier alpha value is -0.990. The van der Waals surface area contributed by atoms with Gasteiger partial charge in [-0.3, -0.25) is 5.32 Å². The molecule has 1 heterocycles. The van der Waals surface area contributed by atoms with Crippen molar-refractivity contribution in [3.8, 4) is 6.07 Å². The molecule has 0 aromatic carbocycles. The number of nitriles is 1. The van der Waals surface area contributed by atoms with Crippen LogP contribution in [-0.2, 0) is 0 Å². The van der Waals surface area contributed by atoms with Gasteiger partial charge in [0.2, 0.25) is 0 Å². The summed E-state index contributed by atoms with van der Waals surface area (Å²) in [4.78, 5) is 7.16. The number of aromatic nitrogens is 2. The molecular weight excluding hydrogens is 220 g/mol. The van der Waals surface area contributed by atoms with Gasteiger partial charge in [-0.05, 0) is 26.3 Å². The lowest BCUT2D eigenvalue weighted by Crippen LogP contribution is -2.41. The second-order valence-electron chi connectivity index (χ2n) is 3.86. The van der Waals surface area contributed by atoms with Gasteiger partial charge in [-0.25, -0.2) is 4.98 Å². The lowest BCUT2D eigenvalue weighted by atomic mass is 10.0. The number of imidazole rings is 1. The van der Waals surface area contributed by atoms with Crippen molar-refractivity contribution in [1.29, 1.82) is 5.26 Å². The van der Waals surface area contributed by atoms with Gasteiger partial charge in [-0.2, -0.15) is 5.26 Å². The van der Waals surface area contributed by atoms with E-state index in [1.54, 1.807) is 24.2 Å². The zero-order valence-electron chi connectivity index (χ0n) is 9.79. The van der Waals surface area contributed by atoms with Crippen molar-refractivity contribution in [1.82, 2.24) is 15.3 Å². The average Bonchev–Trinajstić information content (AvgIpc) is 2.79. The fourth-order valence-electron chi connectivity index (χ4n) is 1.27. The van der Waals surface area contributed by atoms with E-state index in [0.717, 1.165) is 30.3 Å². The Kier molecular flexibility index (Phi) is 5.36. The fraction of sp³-hybridized carbons (Fsp3) is 0.636. The molecule has 5 heteroatoms. The molecule has 0 amide bonds.